The van der Waals surface area contributed by atoms with Crippen molar-refractivity contribution in [3.8, 4) is 0 Å². The molecule has 0 fully saturated rings. The fourth-order valence-corrected chi connectivity index (χ4v) is 1.47. The molecule has 0 spiro atoms. The minimum atomic E-state index is -0.530. The fourth-order valence-electron chi connectivity index (χ4n) is 1.47. The van der Waals surface area contributed by atoms with E-state index in [1.165, 1.54) is 0 Å². The van der Waals surface area contributed by atoms with Gasteiger partial charge in [0.25, 0.3) is 0 Å². The van der Waals surface area contributed by atoms with Gasteiger partial charge in [0.1, 0.15) is 0 Å². The second-order valence-corrected chi connectivity index (χ2v) is 4.01. The Morgan fingerprint density at radius 2 is 2.00 bits per heavy atom. The van der Waals surface area contributed by atoms with E-state index in [-0.39, 0.29) is 18.2 Å². The number of carbonyl (C=O) groups is 2. The third-order valence-electron chi connectivity index (χ3n) is 2.68. The van der Waals surface area contributed by atoms with Crippen LogP contribution in [0.3, 0.4) is 0 Å². The molecule has 5 heteroatoms. The summed E-state index contributed by atoms with van der Waals surface area (Å²) in [5.41, 5.74) is 7.06. The zero-order valence-corrected chi connectivity index (χ0v) is 10.7. The van der Waals surface area contributed by atoms with Crippen molar-refractivity contribution in [2.45, 2.75) is 25.8 Å². The van der Waals surface area contributed by atoms with E-state index in [0.29, 0.717) is 12.1 Å². The number of amides is 2. The number of nitrogens with one attached hydrogen (secondary N) is 2. The van der Waals surface area contributed by atoms with Gasteiger partial charge in [0.05, 0.1) is 12.5 Å². The molecule has 0 saturated carbocycles. The van der Waals surface area contributed by atoms with Gasteiger partial charge in [0.15, 0.2) is 0 Å². The monoisotopic (exact) mass is 249 g/mol. The zero-order chi connectivity index (χ0) is 13.5. The van der Waals surface area contributed by atoms with E-state index < -0.39 is 6.04 Å². The van der Waals surface area contributed by atoms with Crippen LogP contribution in [-0.4, -0.2) is 24.9 Å². The number of hydrogen-bond donors (Lipinski definition) is 3. The molecule has 0 heterocycles. The number of para-hydroxylation sites is 1. The average molecular weight is 249 g/mol. The van der Waals surface area contributed by atoms with E-state index in [2.05, 4.69) is 10.6 Å². The number of hydrogen-bond acceptors (Lipinski definition) is 3. The minimum absolute atomic E-state index is 0.100. The maximum absolute atomic E-state index is 11.7. The second kappa shape index (κ2) is 6.76. The van der Waals surface area contributed by atoms with Crippen LogP contribution in [0.1, 0.15) is 18.9 Å². The van der Waals surface area contributed by atoms with Crippen LogP contribution in [0.5, 0.6) is 0 Å². The Kier molecular flexibility index (Phi) is 5.32. The van der Waals surface area contributed by atoms with Crippen molar-refractivity contribution in [1.29, 1.82) is 0 Å². The van der Waals surface area contributed by atoms with E-state index in [4.69, 9.17) is 5.73 Å². The summed E-state index contributed by atoms with van der Waals surface area (Å²) >= 11 is 0. The standard InChI is InChI=1S/C13H19N3O2/c1-3-10(14)13(18)16-11-7-5-4-6-9(11)8-12(17)15-2/h4-7,10H,3,8,14H2,1-2H3,(H,15,17)(H,16,18). The molecule has 0 aliphatic carbocycles. The quantitative estimate of drug-likeness (QED) is 0.716. The smallest absolute Gasteiger partial charge is 0.241 e. The maximum atomic E-state index is 11.7. The van der Waals surface area contributed by atoms with E-state index >= 15 is 0 Å². The number of anilines is 1. The highest BCUT2D eigenvalue weighted by Crippen LogP contribution is 2.16. The molecule has 18 heavy (non-hydrogen) atoms. The molecule has 0 aliphatic heterocycles. The van der Waals surface area contributed by atoms with Crippen LogP contribution in [0, 0.1) is 0 Å². The maximum Gasteiger partial charge on any atom is 0.241 e. The first kappa shape index (κ1) is 14.2. The van der Waals surface area contributed by atoms with Crippen molar-refractivity contribution in [3.05, 3.63) is 29.8 Å². The molecule has 2 amide bonds. The van der Waals surface area contributed by atoms with Gasteiger partial charge in [0, 0.05) is 12.7 Å². The number of rotatable bonds is 5. The summed E-state index contributed by atoms with van der Waals surface area (Å²) in [4.78, 5) is 23.1. The SMILES string of the molecule is CCC(N)C(=O)Nc1ccccc1CC(=O)NC. The van der Waals surface area contributed by atoms with E-state index in [9.17, 15) is 9.59 Å². The lowest BCUT2D eigenvalue weighted by Crippen LogP contribution is -2.35. The fraction of sp³-hybridized carbons (Fsp3) is 0.385. The lowest BCUT2D eigenvalue weighted by Gasteiger charge is -2.13. The lowest BCUT2D eigenvalue weighted by atomic mass is 10.1. The summed E-state index contributed by atoms with van der Waals surface area (Å²) in [5, 5.41) is 5.30. The summed E-state index contributed by atoms with van der Waals surface area (Å²) in [6, 6.07) is 6.67. The zero-order valence-electron chi connectivity index (χ0n) is 10.7. The van der Waals surface area contributed by atoms with Gasteiger partial charge in [0.2, 0.25) is 11.8 Å². The van der Waals surface area contributed by atoms with Gasteiger partial charge < -0.3 is 16.4 Å². The highest BCUT2D eigenvalue weighted by Gasteiger charge is 2.13. The first-order chi connectivity index (χ1) is 8.58. The Labute approximate surface area is 107 Å². The molecule has 0 aliphatic rings. The molecular weight excluding hydrogens is 230 g/mol. The highest BCUT2D eigenvalue weighted by molar-refractivity contribution is 5.96. The Morgan fingerprint density at radius 1 is 1.33 bits per heavy atom. The largest absolute Gasteiger partial charge is 0.359 e. The first-order valence-electron chi connectivity index (χ1n) is 5.93. The molecule has 1 atom stereocenters. The van der Waals surface area contributed by atoms with E-state index in [1.54, 1.807) is 19.2 Å². The molecule has 0 radical (unpaired) electrons. The highest BCUT2D eigenvalue weighted by atomic mass is 16.2. The van der Waals surface area contributed by atoms with Gasteiger partial charge in [-0.2, -0.15) is 0 Å². The van der Waals surface area contributed by atoms with Gasteiger partial charge in [-0.15, -0.1) is 0 Å². The Bertz CT molecular complexity index is 432. The van der Waals surface area contributed by atoms with Crippen LogP contribution in [0.2, 0.25) is 0 Å². The molecule has 5 nitrogen and oxygen atoms in total. The topological polar surface area (TPSA) is 84.2 Å². The van der Waals surface area contributed by atoms with Gasteiger partial charge in [-0.05, 0) is 18.1 Å². The van der Waals surface area contributed by atoms with E-state index in [1.807, 2.05) is 19.1 Å². The van der Waals surface area contributed by atoms with Gasteiger partial charge >= 0.3 is 0 Å². The summed E-state index contributed by atoms with van der Waals surface area (Å²) in [6.07, 6.45) is 0.803. The van der Waals surface area contributed by atoms with Gasteiger partial charge in [-0.25, -0.2) is 0 Å². The van der Waals surface area contributed by atoms with Crippen molar-refractivity contribution in [2.75, 3.05) is 12.4 Å². The van der Waals surface area contributed by atoms with Crippen LogP contribution in [-0.2, 0) is 16.0 Å². The third kappa shape index (κ3) is 3.85. The van der Waals surface area contributed by atoms with Crippen LogP contribution in [0.4, 0.5) is 5.69 Å². The number of benzene rings is 1. The van der Waals surface area contributed by atoms with Crippen molar-refractivity contribution in [3.63, 3.8) is 0 Å². The second-order valence-electron chi connectivity index (χ2n) is 4.01. The van der Waals surface area contributed by atoms with Crippen molar-refractivity contribution in [2.24, 2.45) is 5.73 Å². The summed E-state index contributed by atoms with van der Waals surface area (Å²) in [7, 11) is 1.58. The summed E-state index contributed by atoms with van der Waals surface area (Å²) < 4.78 is 0. The molecule has 0 bridgehead atoms. The molecule has 0 saturated heterocycles. The van der Waals surface area contributed by atoms with Crippen LogP contribution in [0.15, 0.2) is 24.3 Å². The van der Waals surface area contributed by atoms with Gasteiger partial charge in [-0.1, -0.05) is 25.1 Å². The lowest BCUT2D eigenvalue weighted by molar-refractivity contribution is -0.120. The number of likely N-dealkylation sites (N-methyl/N-ethyl adjacent to an activating group) is 1. The first-order valence-corrected chi connectivity index (χ1v) is 5.93. The van der Waals surface area contributed by atoms with Crippen molar-refractivity contribution < 1.29 is 9.59 Å². The number of carbonyl (C=O) groups excluding carboxylic acids is 2. The van der Waals surface area contributed by atoms with Crippen LogP contribution in [0.25, 0.3) is 0 Å². The predicted molar refractivity (Wildman–Crippen MR) is 71.1 cm³/mol. The molecule has 1 aromatic carbocycles. The van der Waals surface area contributed by atoms with Crippen LogP contribution >= 0.6 is 0 Å². The molecule has 1 unspecified atom stereocenters. The van der Waals surface area contributed by atoms with Gasteiger partial charge in [-0.3, -0.25) is 9.59 Å². The predicted octanol–water partition coefficient (Wildman–Crippen LogP) is 0.651. The molecule has 4 N–H and O–H groups in total. The summed E-state index contributed by atoms with van der Waals surface area (Å²) in [6.45, 7) is 1.85. The van der Waals surface area contributed by atoms with Crippen LogP contribution < -0.4 is 16.4 Å². The minimum Gasteiger partial charge on any atom is -0.359 e. The Hall–Kier alpha value is -1.88. The van der Waals surface area contributed by atoms with Crippen molar-refractivity contribution in [1.82, 2.24) is 5.32 Å². The summed E-state index contributed by atoms with van der Waals surface area (Å²) in [5.74, 6) is -0.335. The molecule has 1 aromatic rings. The third-order valence-corrected chi connectivity index (χ3v) is 2.68. The normalized spacial score (nSPS) is 11.7. The Morgan fingerprint density at radius 3 is 2.61 bits per heavy atom. The molecule has 98 valence electrons. The van der Waals surface area contributed by atoms with E-state index in [0.717, 1.165) is 5.56 Å². The Balaban J connectivity index is 2.82. The average Bonchev–Trinajstić information content (AvgIpc) is 2.39. The number of nitrogens with two attached hydrogens (primary N) is 1. The molecule has 0 aromatic heterocycles. The van der Waals surface area contributed by atoms with Crippen molar-refractivity contribution >= 4 is 17.5 Å². The molecule has 1 rings (SSSR count). The molecular formula is C13H19N3O2.